The second kappa shape index (κ2) is 9.49. The van der Waals surface area contributed by atoms with E-state index in [1.807, 2.05) is 19.0 Å². The molecule has 1 N–H and O–H groups in total. The van der Waals surface area contributed by atoms with Crippen molar-refractivity contribution in [2.45, 2.75) is 37.3 Å². The van der Waals surface area contributed by atoms with Crippen molar-refractivity contribution in [2.24, 2.45) is 0 Å². The minimum absolute atomic E-state index is 0.0274. The van der Waals surface area contributed by atoms with E-state index in [9.17, 15) is 18.4 Å². The van der Waals surface area contributed by atoms with E-state index >= 15 is 0 Å². The Bertz CT molecular complexity index is 962. The Kier molecular flexibility index (Phi) is 7.02. The number of thioether (sulfide) groups is 1. The minimum Gasteiger partial charge on any atom is -0.325 e. The van der Waals surface area contributed by atoms with E-state index in [0.29, 0.717) is 11.6 Å². The van der Waals surface area contributed by atoms with Gasteiger partial charge in [-0.3, -0.25) is 9.36 Å². The average Bonchev–Trinajstić information content (AvgIpc) is 2.68. The molecule has 0 spiro atoms. The fraction of sp³-hybridized carbons (Fsp3) is 0.450. The smallest absolute Gasteiger partial charge is 0.325 e. The number of hydrogen-bond donors (Lipinski definition) is 1. The number of fused-ring (bicyclic) bond motifs is 1. The molecule has 6 nitrogen and oxygen atoms in total. The molecule has 1 heterocycles. The van der Waals surface area contributed by atoms with Crippen molar-refractivity contribution in [3.8, 4) is 0 Å². The third-order valence-electron chi connectivity index (χ3n) is 4.76. The second-order valence-corrected chi connectivity index (χ2v) is 8.22. The highest BCUT2D eigenvalue weighted by atomic mass is 32.2. The first-order chi connectivity index (χ1) is 13.8. The summed E-state index contributed by atoms with van der Waals surface area (Å²) in [7, 11) is 3.92. The van der Waals surface area contributed by atoms with Gasteiger partial charge in [-0.05, 0) is 51.9 Å². The molecule has 1 aromatic heterocycles. The molecular weight excluding hydrogens is 398 g/mol. The van der Waals surface area contributed by atoms with Gasteiger partial charge in [-0.1, -0.05) is 11.8 Å². The molecule has 29 heavy (non-hydrogen) atoms. The van der Waals surface area contributed by atoms with E-state index < -0.39 is 11.6 Å². The fourth-order valence-electron chi connectivity index (χ4n) is 3.30. The standard InChI is InChI=1S/C20H24F2N4O2S/c1-25(2)9-10-26-17-6-4-3-5-14(17)19(24-20(26)28)29-12-18(27)23-13-7-8-15(21)16(22)11-13/h7-8,11H,3-6,9-10,12H2,1-2H3,(H,23,27). The predicted octanol–water partition coefficient (Wildman–Crippen LogP) is 2.69. The van der Waals surface area contributed by atoms with Crippen LogP contribution in [0.2, 0.25) is 0 Å². The highest BCUT2D eigenvalue weighted by Crippen LogP contribution is 2.28. The van der Waals surface area contributed by atoms with Crippen LogP contribution in [0, 0.1) is 11.6 Å². The second-order valence-electron chi connectivity index (χ2n) is 7.25. The lowest BCUT2D eigenvalue weighted by molar-refractivity contribution is -0.113. The zero-order chi connectivity index (χ0) is 21.0. The van der Waals surface area contributed by atoms with Crippen molar-refractivity contribution in [1.82, 2.24) is 14.5 Å². The maximum absolute atomic E-state index is 13.3. The monoisotopic (exact) mass is 422 g/mol. The van der Waals surface area contributed by atoms with E-state index in [2.05, 4.69) is 10.3 Å². The van der Waals surface area contributed by atoms with Gasteiger partial charge >= 0.3 is 5.69 Å². The molecule has 156 valence electrons. The summed E-state index contributed by atoms with van der Waals surface area (Å²) in [6.45, 7) is 1.33. The van der Waals surface area contributed by atoms with E-state index in [0.717, 1.165) is 55.6 Å². The van der Waals surface area contributed by atoms with Gasteiger partial charge in [0.1, 0.15) is 5.03 Å². The van der Waals surface area contributed by atoms with Gasteiger partial charge in [0.15, 0.2) is 11.6 Å². The molecule has 1 amide bonds. The van der Waals surface area contributed by atoms with Gasteiger partial charge in [-0.15, -0.1) is 0 Å². The van der Waals surface area contributed by atoms with E-state index in [1.165, 1.54) is 17.8 Å². The molecule has 0 bridgehead atoms. The average molecular weight is 423 g/mol. The normalized spacial score (nSPS) is 13.4. The summed E-state index contributed by atoms with van der Waals surface area (Å²) in [6.07, 6.45) is 3.71. The van der Waals surface area contributed by atoms with Crippen molar-refractivity contribution in [3.63, 3.8) is 0 Å². The first-order valence-corrected chi connectivity index (χ1v) is 10.5. The van der Waals surface area contributed by atoms with Crippen LogP contribution < -0.4 is 11.0 Å². The first kappa shape index (κ1) is 21.4. The number of nitrogens with zero attached hydrogens (tertiary/aromatic N) is 3. The Hall–Kier alpha value is -2.26. The summed E-state index contributed by atoms with van der Waals surface area (Å²) < 4.78 is 28.0. The zero-order valence-electron chi connectivity index (χ0n) is 16.5. The van der Waals surface area contributed by atoms with Crippen LogP contribution in [0.4, 0.5) is 14.5 Å². The number of amides is 1. The van der Waals surface area contributed by atoms with Gasteiger partial charge in [0.2, 0.25) is 5.91 Å². The minimum atomic E-state index is -1.02. The molecule has 2 aromatic rings. The van der Waals surface area contributed by atoms with Crippen molar-refractivity contribution >= 4 is 23.4 Å². The van der Waals surface area contributed by atoms with Crippen molar-refractivity contribution in [1.29, 1.82) is 0 Å². The van der Waals surface area contributed by atoms with Crippen molar-refractivity contribution < 1.29 is 13.6 Å². The molecule has 0 unspecified atom stereocenters. The molecular formula is C20H24F2N4O2S. The molecule has 0 fully saturated rings. The van der Waals surface area contributed by atoms with Crippen LogP contribution in [0.1, 0.15) is 24.1 Å². The first-order valence-electron chi connectivity index (χ1n) is 9.50. The maximum Gasteiger partial charge on any atom is 0.348 e. The number of carbonyl (C=O) groups is 1. The Morgan fingerprint density at radius 3 is 2.72 bits per heavy atom. The molecule has 0 saturated carbocycles. The summed E-state index contributed by atoms with van der Waals surface area (Å²) in [5.41, 5.74) is 1.95. The van der Waals surface area contributed by atoms with Crippen LogP contribution in [0.5, 0.6) is 0 Å². The Balaban J connectivity index is 1.73. The topological polar surface area (TPSA) is 67.2 Å². The molecule has 1 aromatic carbocycles. The molecule has 0 saturated heterocycles. The summed E-state index contributed by atoms with van der Waals surface area (Å²) in [6, 6.07) is 3.19. The van der Waals surface area contributed by atoms with Gasteiger partial charge in [0.25, 0.3) is 0 Å². The lowest BCUT2D eigenvalue weighted by atomic mass is 9.97. The molecule has 0 atom stereocenters. The third kappa shape index (κ3) is 5.42. The van der Waals surface area contributed by atoms with Gasteiger partial charge in [-0.25, -0.2) is 13.6 Å². The quantitative estimate of drug-likeness (QED) is 0.549. The molecule has 0 radical (unpaired) electrons. The Morgan fingerprint density at radius 1 is 1.24 bits per heavy atom. The number of halogens is 2. The number of nitrogens with one attached hydrogen (secondary N) is 1. The van der Waals surface area contributed by atoms with Crippen molar-refractivity contribution in [2.75, 3.05) is 31.7 Å². The summed E-state index contributed by atoms with van der Waals surface area (Å²) in [4.78, 5) is 31.0. The maximum atomic E-state index is 13.3. The van der Waals surface area contributed by atoms with E-state index in [-0.39, 0.29) is 23.0 Å². The Morgan fingerprint density at radius 2 is 2.00 bits per heavy atom. The van der Waals surface area contributed by atoms with Gasteiger partial charge in [-0.2, -0.15) is 4.98 Å². The van der Waals surface area contributed by atoms with Crippen LogP contribution in [0.15, 0.2) is 28.0 Å². The summed E-state index contributed by atoms with van der Waals surface area (Å²) >= 11 is 1.20. The third-order valence-corrected chi connectivity index (χ3v) is 5.78. The van der Waals surface area contributed by atoms with Crippen LogP contribution >= 0.6 is 11.8 Å². The van der Waals surface area contributed by atoms with Crippen molar-refractivity contribution in [3.05, 3.63) is 51.6 Å². The highest BCUT2D eigenvalue weighted by Gasteiger charge is 2.21. The Labute approximate surface area is 172 Å². The van der Waals surface area contributed by atoms with Gasteiger partial charge in [0, 0.05) is 36.1 Å². The van der Waals surface area contributed by atoms with E-state index in [4.69, 9.17) is 0 Å². The van der Waals surface area contributed by atoms with Crippen LogP contribution in [0.25, 0.3) is 0 Å². The number of aromatic nitrogens is 2. The molecule has 3 rings (SSSR count). The number of rotatable bonds is 7. The van der Waals surface area contributed by atoms with Crippen LogP contribution in [-0.4, -0.2) is 46.8 Å². The SMILES string of the molecule is CN(C)CCn1c2c(c(SCC(=O)Nc3ccc(F)c(F)c3)nc1=O)CCCC2. The number of benzene rings is 1. The summed E-state index contributed by atoms with van der Waals surface area (Å²) in [5, 5.41) is 3.13. The number of likely N-dealkylation sites (N-methyl/N-ethyl adjacent to an activating group) is 1. The molecule has 9 heteroatoms. The molecule has 0 aliphatic heterocycles. The van der Waals surface area contributed by atoms with E-state index in [1.54, 1.807) is 4.57 Å². The largest absolute Gasteiger partial charge is 0.348 e. The lowest BCUT2D eigenvalue weighted by Crippen LogP contribution is -2.33. The van der Waals surface area contributed by atoms with Gasteiger partial charge in [0.05, 0.1) is 5.75 Å². The lowest BCUT2D eigenvalue weighted by Gasteiger charge is -2.23. The predicted molar refractivity (Wildman–Crippen MR) is 109 cm³/mol. The number of carbonyl (C=O) groups excluding carboxylic acids is 1. The molecule has 1 aliphatic carbocycles. The fourth-order valence-corrected chi connectivity index (χ4v) is 4.18. The van der Waals surface area contributed by atoms with Crippen LogP contribution in [-0.2, 0) is 24.2 Å². The number of anilines is 1. The zero-order valence-corrected chi connectivity index (χ0v) is 17.3. The number of hydrogen-bond acceptors (Lipinski definition) is 5. The highest BCUT2D eigenvalue weighted by molar-refractivity contribution is 8.00. The molecule has 1 aliphatic rings. The van der Waals surface area contributed by atoms with Crippen LogP contribution in [0.3, 0.4) is 0 Å². The summed E-state index contributed by atoms with van der Waals surface area (Å²) in [5.74, 6) is -2.33. The van der Waals surface area contributed by atoms with Gasteiger partial charge < -0.3 is 10.2 Å².